The molecule has 4 aromatic carbocycles. The predicted octanol–water partition coefficient (Wildman–Crippen LogP) is 6.03. The third-order valence-electron chi connectivity index (χ3n) is 5.90. The SMILES string of the molecule is c1ccc2c(c1)-c1ccccc1C21c2ccccc2-c2ccccc21. The molecule has 0 amide bonds. The second-order valence-corrected chi connectivity index (χ2v) is 6.93. The molecule has 2 aliphatic rings. The molecule has 25 heavy (non-hydrogen) atoms. The maximum Gasteiger partial charge on any atom is 0.0725 e. The highest BCUT2D eigenvalue weighted by atomic mass is 14.5. The average molecular weight is 316 g/mol. The van der Waals surface area contributed by atoms with Gasteiger partial charge in [0.05, 0.1) is 5.41 Å². The predicted molar refractivity (Wildman–Crippen MR) is 103 cm³/mol. The van der Waals surface area contributed by atoms with E-state index in [0.717, 1.165) is 0 Å². The Labute approximate surface area is 147 Å². The molecular weight excluding hydrogens is 300 g/mol. The Hall–Kier alpha value is -3.12. The van der Waals surface area contributed by atoms with E-state index in [-0.39, 0.29) is 5.41 Å². The summed E-state index contributed by atoms with van der Waals surface area (Å²) in [6.45, 7) is 0. The molecule has 6 rings (SSSR count). The monoisotopic (exact) mass is 316 g/mol. The van der Waals surface area contributed by atoms with Gasteiger partial charge in [0.1, 0.15) is 0 Å². The van der Waals surface area contributed by atoms with Crippen molar-refractivity contribution in [1.29, 1.82) is 0 Å². The minimum absolute atomic E-state index is 0.180. The van der Waals surface area contributed by atoms with Crippen LogP contribution in [0.1, 0.15) is 22.3 Å². The Morgan fingerprint density at radius 1 is 0.320 bits per heavy atom. The largest absolute Gasteiger partial charge is 0.0725 e. The standard InChI is InChI=1S/C25H16/c1-5-13-21-17(9-1)18-10-2-6-14-22(18)25(21)23-15-7-3-11-19(23)20-12-4-8-16-24(20)25/h1-16H. The highest BCUT2D eigenvalue weighted by Crippen LogP contribution is 2.62. The Morgan fingerprint density at radius 2 is 0.560 bits per heavy atom. The summed E-state index contributed by atoms with van der Waals surface area (Å²) in [4.78, 5) is 0. The first-order valence-corrected chi connectivity index (χ1v) is 8.81. The van der Waals surface area contributed by atoms with Crippen molar-refractivity contribution in [3.63, 3.8) is 0 Å². The van der Waals surface area contributed by atoms with Gasteiger partial charge >= 0.3 is 0 Å². The number of benzene rings is 4. The van der Waals surface area contributed by atoms with Crippen LogP contribution in [0.2, 0.25) is 0 Å². The average Bonchev–Trinajstić information content (AvgIpc) is 3.16. The Bertz CT molecular complexity index is 962. The van der Waals surface area contributed by atoms with Crippen LogP contribution in [0.5, 0.6) is 0 Å². The third kappa shape index (κ3) is 1.40. The number of rotatable bonds is 0. The van der Waals surface area contributed by atoms with E-state index in [4.69, 9.17) is 0 Å². The highest BCUT2D eigenvalue weighted by molar-refractivity contribution is 5.94. The topological polar surface area (TPSA) is 0 Å². The van der Waals surface area contributed by atoms with Gasteiger partial charge in [-0.2, -0.15) is 0 Å². The maximum atomic E-state index is 2.31. The first-order chi connectivity index (χ1) is 12.4. The van der Waals surface area contributed by atoms with Gasteiger partial charge in [0.15, 0.2) is 0 Å². The molecule has 0 radical (unpaired) electrons. The minimum atomic E-state index is -0.180. The van der Waals surface area contributed by atoms with Crippen molar-refractivity contribution in [3.8, 4) is 22.3 Å². The summed E-state index contributed by atoms with van der Waals surface area (Å²) in [6, 6.07) is 35.7. The van der Waals surface area contributed by atoms with Gasteiger partial charge in [-0.3, -0.25) is 0 Å². The normalized spacial score (nSPS) is 14.7. The van der Waals surface area contributed by atoms with Gasteiger partial charge in [-0.15, -0.1) is 0 Å². The fraction of sp³-hybridized carbons (Fsp3) is 0.0400. The van der Waals surface area contributed by atoms with Crippen LogP contribution in [-0.2, 0) is 5.41 Å². The summed E-state index contributed by atoms with van der Waals surface area (Å²) in [5.41, 5.74) is 10.9. The Kier molecular flexibility index (Phi) is 2.37. The summed E-state index contributed by atoms with van der Waals surface area (Å²) in [7, 11) is 0. The smallest absolute Gasteiger partial charge is 0.0619 e. The molecule has 116 valence electrons. The van der Waals surface area contributed by atoms with Gasteiger partial charge in [-0.05, 0) is 44.5 Å². The fourth-order valence-corrected chi connectivity index (χ4v) is 5.05. The maximum absolute atomic E-state index is 2.31. The van der Waals surface area contributed by atoms with E-state index in [0.29, 0.717) is 0 Å². The van der Waals surface area contributed by atoms with Crippen LogP contribution in [0.25, 0.3) is 22.3 Å². The minimum Gasteiger partial charge on any atom is -0.0619 e. The molecule has 0 aromatic heterocycles. The molecule has 0 saturated carbocycles. The Morgan fingerprint density at radius 3 is 0.840 bits per heavy atom. The van der Waals surface area contributed by atoms with Gasteiger partial charge in [-0.25, -0.2) is 0 Å². The van der Waals surface area contributed by atoms with Crippen molar-refractivity contribution < 1.29 is 0 Å². The molecule has 2 aliphatic carbocycles. The van der Waals surface area contributed by atoms with Crippen LogP contribution in [0.4, 0.5) is 0 Å². The molecular formula is C25H16. The van der Waals surface area contributed by atoms with E-state index in [2.05, 4.69) is 97.1 Å². The molecule has 0 N–H and O–H groups in total. The lowest BCUT2D eigenvalue weighted by atomic mass is 9.70. The van der Waals surface area contributed by atoms with Gasteiger partial charge in [0.25, 0.3) is 0 Å². The first-order valence-electron chi connectivity index (χ1n) is 8.81. The quantitative estimate of drug-likeness (QED) is 0.321. The lowest BCUT2D eigenvalue weighted by molar-refractivity contribution is 0.794. The molecule has 4 aromatic rings. The zero-order chi connectivity index (χ0) is 16.4. The van der Waals surface area contributed by atoms with Crippen molar-refractivity contribution in [2.75, 3.05) is 0 Å². The first kappa shape index (κ1) is 13.2. The van der Waals surface area contributed by atoms with Crippen molar-refractivity contribution in [3.05, 3.63) is 119 Å². The number of hydrogen-bond donors (Lipinski definition) is 0. The van der Waals surface area contributed by atoms with Crippen LogP contribution in [0.3, 0.4) is 0 Å². The molecule has 0 aliphatic heterocycles. The lowest BCUT2D eigenvalue weighted by Crippen LogP contribution is -2.25. The zero-order valence-electron chi connectivity index (χ0n) is 13.7. The summed E-state index contributed by atoms with van der Waals surface area (Å²) in [5.74, 6) is 0. The second-order valence-electron chi connectivity index (χ2n) is 6.93. The molecule has 1 spiro atoms. The van der Waals surface area contributed by atoms with E-state index in [1.54, 1.807) is 0 Å². The van der Waals surface area contributed by atoms with E-state index in [1.165, 1.54) is 44.5 Å². The van der Waals surface area contributed by atoms with Crippen molar-refractivity contribution >= 4 is 0 Å². The third-order valence-corrected chi connectivity index (χ3v) is 5.90. The van der Waals surface area contributed by atoms with Gasteiger partial charge in [0, 0.05) is 0 Å². The fourth-order valence-electron chi connectivity index (χ4n) is 5.05. The van der Waals surface area contributed by atoms with Crippen LogP contribution < -0.4 is 0 Å². The molecule has 0 bridgehead atoms. The van der Waals surface area contributed by atoms with Crippen molar-refractivity contribution in [2.45, 2.75) is 5.41 Å². The highest BCUT2D eigenvalue weighted by Gasteiger charge is 2.51. The molecule has 0 atom stereocenters. The summed E-state index contributed by atoms with van der Waals surface area (Å²) in [5, 5.41) is 0. The van der Waals surface area contributed by atoms with Gasteiger partial charge in [0.2, 0.25) is 0 Å². The van der Waals surface area contributed by atoms with Crippen molar-refractivity contribution in [2.24, 2.45) is 0 Å². The van der Waals surface area contributed by atoms with Crippen LogP contribution in [0.15, 0.2) is 97.1 Å². The Balaban J connectivity index is 1.89. The van der Waals surface area contributed by atoms with E-state index >= 15 is 0 Å². The lowest BCUT2D eigenvalue weighted by Gasteiger charge is -2.30. The number of hydrogen-bond acceptors (Lipinski definition) is 0. The molecule has 0 nitrogen and oxygen atoms in total. The van der Waals surface area contributed by atoms with Crippen LogP contribution >= 0.6 is 0 Å². The summed E-state index contributed by atoms with van der Waals surface area (Å²) >= 11 is 0. The summed E-state index contributed by atoms with van der Waals surface area (Å²) in [6.07, 6.45) is 0. The zero-order valence-corrected chi connectivity index (χ0v) is 13.7. The van der Waals surface area contributed by atoms with E-state index < -0.39 is 0 Å². The molecule has 0 unspecified atom stereocenters. The van der Waals surface area contributed by atoms with E-state index in [9.17, 15) is 0 Å². The molecule has 0 saturated heterocycles. The molecule has 0 heterocycles. The summed E-state index contributed by atoms with van der Waals surface area (Å²) < 4.78 is 0. The second kappa shape index (κ2) is 4.49. The van der Waals surface area contributed by atoms with Crippen molar-refractivity contribution in [1.82, 2.24) is 0 Å². The molecule has 0 heteroatoms. The number of fused-ring (bicyclic) bond motifs is 10. The van der Waals surface area contributed by atoms with E-state index in [1.807, 2.05) is 0 Å². The van der Waals surface area contributed by atoms with Crippen LogP contribution in [0, 0.1) is 0 Å². The van der Waals surface area contributed by atoms with Crippen LogP contribution in [-0.4, -0.2) is 0 Å². The molecule has 0 fully saturated rings. The van der Waals surface area contributed by atoms with Gasteiger partial charge < -0.3 is 0 Å². The van der Waals surface area contributed by atoms with Gasteiger partial charge in [-0.1, -0.05) is 97.1 Å².